The molecule has 130 valence electrons. The van der Waals surface area contributed by atoms with E-state index in [0.717, 1.165) is 28.8 Å². The van der Waals surface area contributed by atoms with E-state index in [1.54, 1.807) is 6.20 Å². The summed E-state index contributed by atoms with van der Waals surface area (Å²) in [6.07, 6.45) is 2.81. The Bertz CT molecular complexity index is 781. The number of ether oxygens (including phenoxy) is 3. The smallest absolute Gasteiger partial charge is 0.145 e. The van der Waals surface area contributed by atoms with Gasteiger partial charge in [-0.1, -0.05) is 37.3 Å². The first kappa shape index (κ1) is 17.2. The lowest BCUT2D eigenvalue weighted by Crippen LogP contribution is -2.12. The van der Waals surface area contributed by atoms with Crippen molar-refractivity contribution in [2.75, 3.05) is 26.4 Å². The summed E-state index contributed by atoms with van der Waals surface area (Å²) in [5, 5.41) is 1.07. The summed E-state index contributed by atoms with van der Waals surface area (Å²) in [4.78, 5) is 4.37. The van der Waals surface area contributed by atoms with Crippen molar-refractivity contribution in [1.29, 1.82) is 0 Å². The normalized spacial score (nSPS) is 10.8. The predicted molar refractivity (Wildman–Crippen MR) is 99.4 cm³/mol. The van der Waals surface area contributed by atoms with E-state index in [9.17, 15) is 0 Å². The zero-order chi connectivity index (χ0) is 17.3. The highest BCUT2D eigenvalue weighted by atomic mass is 16.5. The molecule has 0 fully saturated rings. The summed E-state index contributed by atoms with van der Waals surface area (Å²) < 4.78 is 17.0. The Hall–Kier alpha value is -2.59. The first-order valence-electron chi connectivity index (χ1n) is 8.63. The van der Waals surface area contributed by atoms with Crippen LogP contribution in [0, 0.1) is 0 Å². The molecule has 3 rings (SSSR count). The van der Waals surface area contributed by atoms with Gasteiger partial charge in [-0.15, -0.1) is 0 Å². The zero-order valence-electron chi connectivity index (χ0n) is 14.5. The number of para-hydroxylation sites is 1. The van der Waals surface area contributed by atoms with Crippen molar-refractivity contribution in [3.63, 3.8) is 0 Å². The van der Waals surface area contributed by atoms with E-state index in [4.69, 9.17) is 14.2 Å². The van der Waals surface area contributed by atoms with Crippen LogP contribution in [0.2, 0.25) is 0 Å². The number of fused-ring (bicyclic) bond motifs is 1. The lowest BCUT2D eigenvalue weighted by molar-refractivity contribution is 0.0767. The van der Waals surface area contributed by atoms with Gasteiger partial charge in [0, 0.05) is 11.6 Å². The van der Waals surface area contributed by atoms with Gasteiger partial charge in [-0.2, -0.15) is 0 Å². The largest absolute Gasteiger partial charge is 0.491 e. The maximum atomic E-state index is 5.78. The number of nitrogens with zero attached hydrogens (tertiary/aromatic N) is 1. The summed E-state index contributed by atoms with van der Waals surface area (Å²) in [5.74, 6) is 1.66. The molecule has 0 unspecified atom stereocenters. The summed E-state index contributed by atoms with van der Waals surface area (Å²) in [6.45, 7) is 4.20. The highest BCUT2D eigenvalue weighted by molar-refractivity contribution is 5.84. The molecule has 2 aromatic carbocycles. The second-order valence-corrected chi connectivity index (χ2v) is 5.64. The van der Waals surface area contributed by atoms with E-state index >= 15 is 0 Å². The van der Waals surface area contributed by atoms with Crippen molar-refractivity contribution in [3.05, 3.63) is 66.4 Å². The van der Waals surface area contributed by atoms with Gasteiger partial charge < -0.3 is 14.2 Å². The van der Waals surface area contributed by atoms with E-state index in [2.05, 4.69) is 24.0 Å². The standard InChI is InChI=1S/C21H23NO3/c1-2-17-8-10-19(11-9-17)24-15-13-23-14-16-25-20-7-3-5-18-6-4-12-22-21(18)20/h3-12H,2,13-16H2,1H3. The third kappa shape index (κ3) is 4.94. The van der Waals surface area contributed by atoms with Gasteiger partial charge in [-0.25, -0.2) is 0 Å². The molecule has 1 heterocycles. The van der Waals surface area contributed by atoms with E-state index in [1.807, 2.05) is 42.5 Å². The van der Waals surface area contributed by atoms with Gasteiger partial charge in [0.2, 0.25) is 0 Å². The predicted octanol–water partition coefficient (Wildman–Crippen LogP) is 4.27. The average Bonchev–Trinajstić information content (AvgIpc) is 2.68. The molecule has 3 aromatic rings. The summed E-state index contributed by atoms with van der Waals surface area (Å²) in [6, 6.07) is 18.0. The number of rotatable bonds is 9. The summed E-state index contributed by atoms with van der Waals surface area (Å²) >= 11 is 0. The van der Waals surface area contributed by atoms with Crippen LogP contribution in [0.25, 0.3) is 10.9 Å². The minimum Gasteiger partial charge on any atom is -0.491 e. The molecular weight excluding hydrogens is 314 g/mol. The molecule has 0 N–H and O–H groups in total. The van der Waals surface area contributed by atoms with E-state index in [1.165, 1.54) is 5.56 Å². The lowest BCUT2D eigenvalue weighted by atomic mass is 10.2. The molecular formula is C21H23NO3. The molecule has 25 heavy (non-hydrogen) atoms. The number of aromatic nitrogens is 1. The monoisotopic (exact) mass is 337 g/mol. The maximum Gasteiger partial charge on any atom is 0.145 e. The van der Waals surface area contributed by atoms with Crippen LogP contribution in [0.1, 0.15) is 12.5 Å². The summed E-state index contributed by atoms with van der Waals surface area (Å²) in [5.41, 5.74) is 2.19. The molecule has 1 aromatic heterocycles. The van der Waals surface area contributed by atoms with Crippen molar-refractivity contribution in [1.82, 2.24) is 4.98 Å². The fourth-order valence-corrected chi connectivity index (χ4v) is 2.55. The Morgan fingerprint density at radius 3 is 2.36 bits per heavy atom. The van der Waals surface area contributed by atoms with Gasteiger partial charge in [0.15, 0.2) is 0 Å². The van der Waals surface area contributed by atoms with Gasteiger partial charge in [0.05, 0.1) is 13.2 Å². The second-order valence-electron chi connectivity index (χ2n) is 5.64. The number of pyridine rings is 1. The van der Waals surface area contributed by atoms with E-state index < -0.39 is 0 Å². The highest BCUT2D eigenvalue weighted by Crippen LogP contribution is 2.22. The maximum absolute atomic E-state index is 5.78. The third-order valence-corrected chi connectivity index (χ3v) is 3.91. The van der Waals surface area contributed by atoms with Crippen molar-refractivity contribution in [3.8, 4) is 11.5 Å². The van der Waals surface area contributed by atoms with Crippen LogP contribution in [-0.4, -0.2) is 31.4 Å². The van der Waals surface area contributed by atoms with E-state index in [0.29, 0.717) is 26.4 Å². The molecule has 0 radical (unpaired) electrons. The Labute approximate surface area is 148 Å². The fraction of sp³-hybridized carbons (Fsp3) is 0.286. The first-order valence-corrected chi connectivity index (χ1v) is 8.63. The van der Waals surface area contributed by atoms with Gasteiger partial charge in [-0.05, 0) is 36.2 Å². The SMILES string of the molecule is CCc1ccc(OCCOCCOc2cccc3cccnc23)cc1. The van der Waals surface area contributed by atoms with Gasteiger partial charge in [0.25, 0.3) is 0 Å². The Balaban J connectivity index is 1.34. The second kappa shape index (κ2) is 9.04. The van der Waals surface area contributed by atoms with Gasteiger partial charge >= 0.3 is 0 Å². The Morgan fingerprint density at radius 1 is 0.800 bits per heavy atom. The van der Waals surface area contributed by atoms with Crippen LogP contribution < -0.4 is 9.47 Å². The third-order valence-electron chi connectivity index (χ3n) is 3.91. The van der Waals surface area contributed by atoms with Crippen molar-refractivity contribution >= 4 is 10.9 Å². The van der Waals surface area contributed by atoms with Crippen LogP contribution in [0.4, 0.5) is 0 Å². The molecule has 0 atom stereocenters. The number of hydrogen-bond donors (Lipinski definition) is 0. The van der Waals surface area contributed by atoms with Gasteiger partial charge in [-0.3, -0.25) is 4.98 Å². The minimum atomic E-state index is 0.487. The molecule has 4 nitrogen and oxygen atoms in total. The zero-order valence-corrected chi connectivity index (χ0v) is 14.5. The molecule has 0 bridgehead atoms. The minimum absolute atomic E-state index is 0.487. The van der Waals surface area contributed by atoms with Crippen LogP contribution in [0.3, 0.4) is 0 Å². The van der Waals surface area contributed by atoms with Gasteiger partial charge in [0.1, 0.15) is 30.2 Å². The Morgan fingerprint density at radius 2 is 1.56 bits per heavy atom. The van der Waals surface area contributed by atoms with Crippen molar-refractivity contribution in [2.24, 2.45) is 0 Å². The quantitative estimate of drug-likeness (QED) is 0.547. The van der Waals surface area contributed by atoms with Crippen LogP contribution in [-0.2, 0) is 11.2 Å². The van der Waals surface area contributed by atoms with E-state index in [-0.39, 0.29) is 0 Å². The molecule has 0 saturated heterocycles. The molecule has 0 amide bonds. The topological polar surface area (TPSA) is 40.6 Å². The molecule has 0 aliphatic heterocycles. The van der Waals surface area contributed by atoms with Crippen LogP contribution in [0.15, 0.2) is 60.8 Å². The van der Waals surface area contributed by atoms with Crippen molar-refractivity contribution < 1.29 is 14.2 Å². The lowest BCUT2D eigenvalue weighted by Gasteiger charge is -2.10. The van der Waals surface area contributed by atoms with Crippen LogP contribution >= 0.6 is 0 Å². The molecule has 0 saturated carbocycles. The Kier molecular flexibility index (Phi) is 6.23. The molecule has 0 aliphatic carbocycles. The average molecular weight is 337 g/mol. The fourth-order valence-electron chi connectivity index (χ4n) is 2.55. The molecule has 0 spiro atoms. The number of aryl methyl sites for hydroxylation is 1. The summed E-state index contributed by atoms with van der Waals surface area (Å²) in [7, 11) is 0. The molecule has 4 heteroatoms. The number of benzene rings is 2. The van der Waals surface area contributed by atoms with Crippen LogP contribution in [0.5, 0.6) is 11.5 Å². The number of hydrogen-bond acceptors (Lipinski definition) is 4. The highest BCUT2D eigenvalue weighted by Gasteiger charge is 2.02. The molecule has 0 aliphatic rings. The van der Waals surface area contributed by atoms with Crippen molar-refractivity contribution in [2.45, 2.75) is 13.3 Å². The first-order chi connectivity index (χ1) is 12.4.